The van der Waals surface area contributed by atoms with Crippen LogP contribution in [0, 0.1) is 0 Å². The summed E-state index contributed by atoms with van der Waals surface area (Å²) in [6, 6.07) is 0.266. The van der Waals surface area contributed by atoms with Crippen LogP contribution in [0.5, 0.6) is 0 Å². The van der Waals surface area contributed by atoms with Gasteiger partial charge in [0.15, 0.2) is 0 Å². The molecule has 1 rings (SSSR count). The molecule has 1 aliphatic heterocycles. The van der Waals surface area contributed by atoms with Gasteiger partial charge < -0.3 is 4.74 Å². The summed E-state index contributed by atoms with van der Waals surface area (Å²) in [4.78, 5) is 7.64. The van der Waals surface area contributed by atoms with Crippen molar-refractivity contribution in [1.82, 2.24) is 5.32 Å². The molecule has 0 aromatic carbocycles. The maximum absolute atomic E-state index is 5.76. The summed E-state index contributed by atoms with van der Waals surface area (Å²) in [5.74, 6) is 0. The number of aliphatic imine (C=N–C) groups is 2. The van der Waals surface area contributed by atoms with Gasteiger partial charge in [0.2, 0.25) is 10.4 Å². The molecule has 4 nitrogen and oxygen atoms in total. The molecule has 0 radical (unpaired) electrons. The van der Waals surface area contributed by atoms with Gasteiger partial charge in [0.05, 0.1) is 7.11 Å². The van der Waals surface area contributed by atoms with Crippen molar-refractivity contribution >= 4 is 34.5 Å². The first-order chi connectivity index (χ1) is 5.03. The van der Waals surface area contributed by atoms with E-state index >= 15 is 0 Å². The van der Waals surface area contributed by atoms with E-state index in [-0.39, 0.29) is 11.3 Å². The smallest absolute Gasteiger partial charge is 0.294 e. The fraction of sp³-hybridized carbons (Fsp3) is 0.600. The highest BCUT2D eigenvalue weighted by atomic mass is 35.5. The van der Waals surface area contributed by atoms with Crippen molar-refractivity contribution in [2.75, 3.05) is 7.11 Å². The largest absolute Gasteiger partial charge is 0.468 e. The molecule has 11 heavy (non-hydrogen) atoms. The number of ether oxygens (including phenoxy) is 1. The average Bonchev–Trinajstić information content (AvgIpc) is 1.83. The third-order valence-corrected chi connectivity index (χ3v) is 1.36. The molecule has 62 valence electrons. The third kappa shape index (κ3) is 2.24. The van der Waals surface area contributed by atoms with Crippen molar-refractivity contribution < 1.29 is 4.74 Å². The van der Waals surface area contributed by atoms with Crippen LogP contribution < -0.4 is 5.32 Å². The van der Waals surface area contributed by atoms with Gasteiger partial charge in [0.1, 0.15) is 0 Å². The Morgan fingerprint density at radius 2 is 2.18 bits per heavy atom. The molecule has 0 spiro atoms. The molecule has 1 N–H and O–H groups in total. The van der Waals surface area contributed by atoms with E-state index in [4.69, 9.17) is 27.9 Å². The summed E-state index contributed by atoms with van der Waals surface area (Å²) in [5, 5.41) is 1.71. The number of halogens is 2. The maximum Gasteiger partial charge on any atom is 0.294 e. The SMILES string of the molecule is COC1=NC(C)(Cl)N=C(Cl)N1. The van der Waals surface area contributed by atoms with E-state index in [9.17, 15) is 0 Å². The van der Waals surface area contributed by atoms with Gasteiger partial charge in [-0.1, -0.05) is 11.6 Å². The molecule has 6 heteroatoms. The number of nitrogens with one attached hydrogen (secondary N) is 1. The zero-order valence-corrected chi connectivity index (χ0v) is 7.57. The molecule has 1 heterocycles. The van der Waals surface area contributed by atoms with Crippen molar-refractivity contribution in [2.45, 2.75) is 12.0 Å². The summed E-state index contributed by atoms with van der Waals surface area (Å²) >= 11 is 11.3. The molecule has 0 amide bonds. The lowest BCUT2D eigenvalue weighted by molar-refractivity contribution is 0.380. The fourth-order valence-corrected chi connectivity index (χ4v) is 1.08. The second-order valence-electron chi connectivity index (χ2n) is 2.05. The Labute approximate surface area is 74.3 Å². The number of methoxy groups -OCH3 is 1. The van der Waals surface area contributed by atoms with Crippen LogP contribution in [0.2, 0.25) is 0 Å². The van der Waals surface area contributed by atoms with Crippen molar-refractivity contribution in [3.63, 3.8) is 0 Å². The molecule has 0 aliphatic carbocycles. The van der Waals surface area contributed by atoms with Gasteiger partial charge in [-0.3, -0.25) is 5.32 Å². The molecule has 0 saturated heterocycles. The number of rotatable bonds is 0. The van der Waals surface area contributed by atoms with E-state index in [2.05, 4.69) is 15.3 Å². The highest BCUT2D eigenvalue weighted by molar-refractivity contribution is 6.66. The van der Waals surface area contributed by atoms with Crippen LogP contribution >= 0.6 is 23.2 Å². The number of hydrogen-bond acceptors (Lipinski definition) is 4. The molecular formula is C5H7Cl2N3O. The van der Waals surface area contributed by atoms with Crippen molar-refractivity contribution in [1.29, 1.82) is 0 Å². The van der Waals surface area contributed by atoms with Crippen LogP contribution in [-0.4, -0.2) is 23.5 Å². The Kier molecular flexibility index (Phi) is 2.25. The summed E-state index contributed by atoms with van der Waals surface area (Å²) in [5.41, 5.74) is 0. The van der Waals surface area contributed by atoms with Gasteiger partial charge in [0.25, 0.3) is 6.02 Å². The molecule has 0 saturated carbocycles. The van der Waals surface area contributed by atoms with E-state index in [0.29, 0.717) is 0 Å². The molecule has 0 aromatic heterocycles. The summed E-state index contributed by atoms with van der Waals surface area (Å²) in [6.07, 6.45) is 0. The second-order valence-corrected chi connectivity index (χ2v) is 3.13. The van der Waals surface area contributed by atoms with E-state index < -0.39 is 5.12 Å². The maximum atomic E-state index is 5.76. The summed E-state index contributed by atoms with van der Waals surface area (Å²) in [7, 11) is 1.47. The monoisotopic (exact) mass is 195 g/mol. The van der Waals surface area contributed by atoms with Gasteiger partial charge in [0, 0.05) is 0 Å². The number of nitrogens with zero attached hydrogens (tertiary/aromatic N) is 2. The van der Waals surface area contributed by atoms with E-state index in [0.717, 1.165) is 0 Å². The fourth-order valence-electron chi connectivity index (χ4n) is 0.630. The molecule has 0 aromatic rings. The first-order valence-electron chi connectivity index (χ1n) is 2.88. The molecule has 0 fully saturated rings. The normalized spacial score (nSPS) is 30.2. The van der Waals surface area contributed by atoms with E-state index in [1.54, 1.807) is 6.92 Å². The van der Waals surface area contributed by atoms with E-state index in [1.165, 1.54) is 7.11 Å². The van der Waals surface area contributed by atoms with Crippen LogP contribution in [0.15, 0.2) is 9.98 Å². The van der Waals surface area contributed by atoms with Crippen LogP contribution in [-0.2, 0) is 4.74 Å². The molecule has 1 unspecified atom stereocenters. The van der Waals surface area contributed by atoms with Gasteiger partial charge in [-0.2, -0.15) is 4.99 Å². The number of alkyl halides is 1. The Hall–Kier alpha value is -0.480. The molecule has 1 aliphatic rings. The zero-order valence-electron chi connectivity index (χ0n) is 6.06. The lowest BCUT2D eigenvalue weighted by Gasteiger charge is -2.19. The van der Waals surface area contributed by atoms with E-state index in [1.807, 2.05) is 0 Å². The minimum Gasteiger partial charge on any atom is -0.468 e. The minimum absolute atomic E-state index is 0.175. The van der Waals surface area contributed by atoms with Gasteiger partial charge in [-0.25, -0.2) is 4.99 Å². The van der Waals surface area contributed by atoms with Crippen molar-refractivity contribution in [3.8, 4) is 0 Å². The summed E-state index contributed by atoms with van der Waals surface area (Å²) in [6.45, 7) is 1.61. The van der Waals surface area contributed by atoms with Crippen LogP contribution in [0.3, 0.4) is 0 Å². The predicted molar refractivity (Wildman–Crippen MR) is 45.1 cm³/mol. The topological polar surface area (TPSA) is 46.0 Å². The quantitative estimate of drug-likeness (QED) is 0.465. The average molecular weight is 196 g/mol. The van der Waals surface area contributed by atoms with Crippen molar-refractivity contribution in [2.24, 2.45) is 9.98 Å². The van der Waals surface area contributed by atoms with Gasteiger partial charge in [-0.05, 0) is 18.5 Å². The minimum atomic E-state index is -1.05. The van der Waals surface area contributed by atoms with Crippen LogP contribution in [0.4, 0.5) is 0 Å². The number of amidine groups is 2. The standard InChI is InChI=1S/C5H7Cl2N3O/c1-5(7)9-3(6)8-4(10-5)11-2/h1-2H3,(H,8,9,10). The van der Waals surface area contributed by atoms with Gasteiger partial charge in [-0.15, -0.1) is 0 Å². The second kappa shape index (κ2) is 2.87. The van der Waals surface area contributed by atoms with Crippen molar-refractivity contribution in [3.05, 3.63) is 0 Å². The first kappa shape index (κ1) is 8.62. The predicted octanol–water partition coefficient (Wildman–Crippen LogP) is 1.10. The molecule has 0 bridgehead atoms. The Balaban J connectivity index is 2.84. The lowest BCUT2D eigenvalue weighted by atomic mass is 10.6. The first-order valence-corrected chi connectivity index (χ1v) is 3.64. The Morgan fingerprint density at radius 3 is 2.64 bits per heavy atom. The van der Waals surface area contributed by atoms with Gasteiger partial charge >= 0.3 is 0 Å². The Morgan fingerprint density at radius 1 is 1.55 bits per heavy atom. The van der Waals surface area contributed by atoms with Crippen LogP contribution in [0.25, 0.3) is 0 Å². The third-order valence-electron chi connectivity index (χ3n) is 1.01. The summed E-state index contributed by atoms with van der Waals surface area (Å²) < 4.78 is 4.79. The Bertz CT molecular complexity index is 224. The molecule has 1 atom stereocenters. The van der Waals surface area contributed by atoms with Crippen LogP contribution in [0.1, 0.15) is 6.92 Å². The molecular weight excluding hydrogens is 189 g/mol. The zero-order chi connectivity index (χ0) is 8.48. The highest BCUT2D eigenvalue weighted by Gasteiger charge is 2.24. The number of hydrogen-bond donors (Lipinski definition) is 1. The highest BCUT2D eigenvalue weighted by Crippen LogP contribution is 2.20. The lowest BCUT2D eigenvalue weighted by Crippen LogP contribution is -2.36.